The number of thiophene rings is 2. The van der Waals surface area contributed by atoms with Gasteiger partial charge in [0.1, 0.15) is 28.6 Å². The highest BCUT2D eigenvalue weighted by Crippen LogP contribution is 2.37. The molecule has 0 bridgehead atoms. The topological polar surface area (TPSA) is 136 Å². The summed E-state index contributed by atoms with van der Waals surface area (Å²) in [7, 11) is -4.22. The zero-order chi connectivity index (χ0) is 26.0. The number of aryl methyl sites for hydroxylation is 2. The van der Waals surface area contributed by atoms with Gasteiger partial charge in [-0.1, -0.05) is 0 Å². The molecule has 1 amide bonds. The summed E-state index contributed by atoms with van der Waals surface area (Å²) < 4.78 is 44.9. The standard InChI is InChI=1S/C23H24FN5O4S3/c1-4-33-18-10-19(35-22(18)23(30)29-36(25,31)32)17-9-20(28-11-27-17)26-6-5-15-13(3)34-21-12(2)7-14(24)8-16(15)21/h7-11H,4-6H2,1-3H3,(H,29,30)(H2,25,31,32)(H,26,27,28). The zero-order valence-electron chi connectivity index (χ0n) is 19.7. The van der Waals surface area contributed by atoms with E-state index in [1.807, 2.05) is 13.8 Å². The van der Waals surface area contributed by atoms with Crippen LogP contribution in [0.3, 0.4) is 0 Å². The van der Waals surface area contributed by atoms with E-state index in [0.29, 0.717) is 29.4 Å². The maximum atomic E-state index is 14.0. The molecule has 3 heterocycles. The van der Waals surface area contributed by atoms with Crippen LogP contribution in [0.15, 0.2) is 30.6 Å². The highest BCUT2D eigenvalue weighted by Gasteiger charge is 2.22. The predicted molar refractivity (Wildman–Crippen MR) is 141 cm³/mol. The molecule has 13 heteroatoms. The van der Waals surface area contributed by atoms with Crippen molar-refractivity contribution in [3.05, 3.63) is 57.3 Å². The molecule has 0 radical (unpaired) electrons. The third kappa shape index (κ3) is 5.81. The molecule has 0 unspecified atom stereocenters. The normalized spacial score (nSPS) is 11.6. The number of carbonyl (C=O) groups is 1. The lowest BCUT2D eigenvalue weighted by atomic mass is 10.1. The summed E-state index contributed by atoms with van der Waals surface area (Å²) in [5.41, 5.74) is 2.56. The van der Waals surface area contributed by atoms with Crippen LogP contribution in [-0.4, -0.2) is 37.4 Å². The Balaban J connectivity index is 1.52. The summed E-state index contributed by atoms with van der Waals surface area (Å²) in [6.45, 7) is 6.55. The molecule has 9 nitrogen and oxygen atoms in total. The Hall–Kier alpha value is -3.13. The van der Waals surface area contributed by atoms with Crippen molar-refractivity contribution in [1.29, 1.82) is 0 Å². The van der Waals surface area contributed by atoms with Crippen molar-refractivity contribution in [2.75, 3.05) is 18.5 Å². The molecule has 3 aromatic heterocycles. The van der Waals surface area contributed by atoms with Crippen molar-refractivity contribution in [3.8, 4) is 16.3 Å². The zero-order valence-corrected chi connectivity index (χ0v) is 22.2. The van der Waals surface area contributed by atoms with Gasteiger partial charge in [-0.3, -0.25) is 4.79 Å². The van der Waals surface area contributed by atoms with Gasteiger partial charge >= 0.3 is 0 Å². The summed E-state index contributed by atoms with van der Waals surface area (Å²) in [5.74, 6) is -0.322. The summed E-state index contributed by atoms with van der Waals surface area (Å²) in [6.07, 6.45) is 2.07. The molecule has 0 spiro atoms. The highest BCUT2D eigenvalue weighted by atomic mass is 32.2. The monoisotopic (exact) mass is 549 g/mol. The van der Waals surface area contributed by atoms with E-state index in [2.05, 4.69) is 15.3 Å². The van der Waals surface area contributed by atoms with Crippen molar-refractivity contribution < 1.29 is 22.3 Å². The van der Waals surface area contributed by atoms with Gasteiger partial charge in [-0.15, -0.1) is 22.7 Å². The van der Waals surface area contributed by atoms with E-state index in [0.717, 1.165) is 37.4 Å². The first kappa shape index (κ1) is 25.9. The number of benzene rings is 1. The minimum absolute atomic E-state index is 0.0660. The first-order valence-corrected chi connectivity index (χ1v) is 14.1. The maximum absolute atomic E-state index is 14.0. The average molecular weight is 550 g/mol. The van der Waals surface area contributed by atoms with Gasteiger partial charge in [-0.25, -0.2) is 24.2 Å². The second-order valence-corrected chi connectivity index (χ2v) is 11.5. The smallest absolute Gasteiger partial charge is 0.299 e. The second-order valence-electron chi connectivity index (χ2n) is 7.91. The van der Waals surface area contributed by atoms with Gasteiger partial charge in [-0.2, -0.15) is 8.42 Å². The lowest BCUT2D eigenvalue weighted by molar-refractivity contribution is 0.0982. The van der Waals surface area contributed by atoms with Gasteiger partial charge in [0.05, 0.1) is 17.2 Å². The van der Waals surface area contributed by atoms with Gasteiger partial charge in [0.25, 0.3) is 16.1 Å². The predicted octanol–water partition coefficient (Wildman–Crippen LogP) is 4.16. The van der Waals surface area contributed by atoms with Gasteiger partial charge < -0.3 is 10.1 Å². The quantitative estimate of drug-likeness (QED) is 0.285. The van der Waals surface area contributed by atoms with Crippen LogP contribution in [0.4, 0.5) is 10.2 Å². The van der Waals surface area contributed by atoms with E-state index in [9.17, 15) is 17.6 Å². The first-order chi connectivity index (χ1) is 17.1. The molecule has 0 aliphatic carbocycles. The molecule has 1 aromatic carbocycles. The maximum Gasteiger partial charge on any atom is 0.299 e. The van der Waals surface area contributed by atoms with E-state index in [4.69, 9.17) is 9.88 Å². The first-order valence-electron chi connectivity index (χ1n) is 10.9. The second kappa shape index (κ2) is 10.5. The molecule has 0 saturated carbocycles. The lowest BCUT2D eigenvalue weighted by Gasteiger charge is -2.07. The number of hydrogen-bond acceptors (Lipinski definition) is 9. The van der Waals surface area contributed by atoms with Crippen LogP contribution in [-0.2, 0) is 16.6 Å². The van der Waals surface area contributed by atoms with E-state index >= 15 is 0 Å². The molecule has 0 aliphatic rings. The molecule has 190 valence electrons. The Morgan fingerprint density at radius 1 is 1.17 bits per heavy atom. The van der Waals surface area contributed by atoms with Gasteiger partial charge in [0.2, 0.25) is 0 Å². The van der Waals surface area contributed by atoms with Crippen LogP contribution in [0, 0.1) is 19.7 Å². The van der Waals surface area contributed by atoms with Crippen molar-refractivity contribution in [3.63, 3.8) is 0 Å². The highest BCUT2D eigenvalue weighted by molar-refractivity contribution is 7.87. The van der Waals surface area contributed by atoms with E-state index in [-0.39, 0.29) is 23.1 Å². The third-order valence-corrected chi connectivity index (χ3v) is 8.19. The SMILES string of the molecule is CCOc1cc(-c2cc(NCCc3c(C)sc4c(C)cc(F)cc34)ncn2)sc1C(=O)NS(N)(=O)=O. The number of hydrogen-bond donors (Lipinski definition) is 3. The number of fused-ring (bicyclic) bond motifs is 1. The summed E-state index contributed by atoms with van der Waals surface area (Å²) in [5, 5.41) is 9.14. The lowest BCUT2D eigenvalue weighted by Crippen LogP contribution is -2.35. The number of rotatable bonds is 9. The summed E-state index contributed by atoms with van der Waals surface area (Å²) in [4.78, 5) is 22.7. The number of nitrogens with zero attached hydrogens (tertiary/aromatic N) is 2. The number of anilines is 1. The van der Waals surface area contributed by atoms with Crippen LogP contribution < -0.4 is 19.9 Å². The largest absolute Gasteiger partial charge is 0.492 e. The Morgan fingerprint density at radius 2 is 1.94 bits per heavy atom. The Labute approximate surface area is 215 Å². The van der Waals surface area contributed by atoms with Crippen LogP contribution in [0.2, 0.25) is 0 Å². The van der Waals surface area contributed by atoms with Gasteiger partial charge in [-0.05, 0) is 55.8 Å². The van der Waals surface area contributed by atoms with Crippen LogP contribution in [0.25, 0.3) is 20.7 Å². The fraction of sp³-hybridized carbons (Fsp3) is 0.261. The third-order valence-electron chi connectivity index (χ3n) is 5.28. The molecule has 4 N–H and O–H groups in total. The van der Waals surface area contributed by atoms with Gasteiger partial charge in [0.15, 0.2) is 0 Å². The molecular weight excluding hydrogens is 525 g/mol. The van der Waals surface area contributed by atoms with Crippen molar-refractivity contribution in [2.45, 2.75) is 27.2 Å². The number of halogens is 1. The number of amides is 1. The Kier molecular flexibility index (Phi) is 7.54. The molecule has 4 aromatic rings. The summed E-state index contributed by atoms with van der Waals surface area (Å²) in [6, 6.07) is 6.48. The fourth-order valence-corrected chi connectivity index (χ4v) is 6.35. The Bertz CT molecular complexity index is 1550. The molecule has 0 atom stereocenters. The van der Waals surface area contributed by atoms with Crippen LogP contribution in [0.5, 0.6) is 5.75 Å². The molecule has 0 aliphatic heterocycles. The molecule has 4 rings (SSSR count). The molecule has 0 saturated heterocycles. The number of nitrogens with one attached hydrogen (secondary N) is 2. The number of nitrogens with two attached hydrogens (primary N) is 1. The number of ether oxygens (including phenoxy) is 1. The van der Waals surface area contributed by atoms with Gasteiger partial charge in [0, 0.05) is 28.3 Å². The number of aromatic nitrogens is 2. The minimum Gasteiger partial charge on any atom is -0.492 e. The fourth-order valence-electron chi connectivity index (χ4n) is 3.81. The minimum atomic E-state index is -4.22. The van der Waals surface area contributed by atoms with E-state index in [1.165, 1.54) is 6.33 Å². The average Bonchev–Trinajstić information content (AvgIpc) is 3.35. The number of carbonyl (C=O) groups excluding carboxylic acids is 1. The molecule has 0 fully saturated rings. The Morgan fingerprint density at radius 3 is 2.67 bits per heavy atom. The van der Waals surface area contributed by atoms with Crippen LogP contribution >= 0.6 is 22.7 Å². The van der Waals surface area contributed by atoms with Crippen molar-refractivity contribution >= 4 is 54.7 Å². The molecule has 36 heavy (non-hydrogen) atoms. The van der Waals surface area contributed by atoms with E-state index in [1.54, 1.807) is 47.2 Å². The van der Waals surface area contributed by atoms with Crippen molar-refractivity contribution in [2.24, 2.45) is 5.14 Å². The van der Waals surface area contributed by atoms with Crippen LogP contribution in [0.1, 0.15) is 32.6 Å². The van der Waals surface area contributed by atoms with E-state index < -0.39 is 16.1 Å². The van der Waals surface area contributed by atoms with Crippen molar-refractivity contribution in [1.82, 2.24) is 14.7 Å². The summed E-state index contributed by atoms with van der Waals surface area (Å²) >= 11 is 2.69. The molecular formula is C23H24FN5O4S3.